The van der Waals surface area contributed by atoms with E-state index in [0.717, 1.165) is 6.42 Å². The fourth-order valence-corrected chi connectivity index (χ4v) is 2.08. The Hall–Kier alpha value is -1.04. The second-order valence-corrected chi connectivity index (χ2v) is 4.81. The van der Waals surface area contributed by atoms with E-state index in [9.17, 15) is 0 Å². The third-order valence-electron chi connectivity index (χ3n) is 3.22. The molecule has 0 saturated carbocycles. The Balaban J connectivity index is 2.26. The van der Waals surface area contributed by atoms with Crippen LogP contribution in [0.25, 0.3) is 0 Å². The molecule has 0 heteroatoms. The van der Waals surface area contributed by atoms with Crippen LogP contribution in [0.1, 0.15) is 56.6 Å². The summed E-state index contributed by atoms with van der Waals surface area (Å²) in [5, 5.41) is 0. The van der Waals surface area contributed by atoms with Gasteiger partial charge in [0.1, 0.15) is 0 Å². The van der Waals surface area contributed by atoms with Gasteiger partial charge in [0.25, 0.3) is 0 Å². The van der Waals surface area contributed by atoms with Crippen molar-refractivity contribution in [3.05, 3.63) is 48.0 Å². The molecule has 1 aromatic rings. The van der Waals surface area contributed by atoms with Gasteiger partial charge in [-0.2, -0.15) is 0 Å². The third kappa shape index (κ3) is 6.31. The zero-order valence-corrected chi connectivity index (χ0v) is 11.3. The lowest BCUT2D eigenvalue weighted by Gasteiger charge is -2.04. The molecule has 0 spiro atoms. The minimum Gasteiger partial charge on any atom is -0.103 e. The van der Waals surface area contributed by atoms with Gasteiger partial charge in [0.05, 0.1) is 0 Å². The highest BCUT2D eigenvalue weighted by Crippen LogP contribution is 2.11. The predicted octanol–water partition coefficient (Wildman–Crippen LogP) is 5.32. The molecule has 0 amide bonds. The Morgan fingerprint density at radius 1 is 0.882 bits per heavy atom. The van der Waals surface area contributed by atoms with Gasteiger partial charge < -0.3 is 0 Å². The Labute approximate surface area is 107 Å². The molecular weight excluding hydrogens is 204 g/mol. The van der Waals surface area contributed by atoms with Gasteiger partial charge in [-0.25, -0.2) is 0 Å². The molecule has 0 aliphatic carbocycles. The highest BCUT2D eigenvalue weighted by atomic mass is 14.0. The standard InChI is InChI=1S/C17H26/c1-3-5-7-9-11-17-14-12-16(13-15-17)10-8-6-4-2/h4,12-15H,2-3,5-11H2,1H3. The highest BCUT2D eigenvalue weighted by Gasteiger charge is 1.95. The summed E-state index contributed by atoms with van der Waals surface area (Å²) in [5.74, 6) is 0. The Kier molecular flexibility index (Phi) is 7.46. The molecule has 1 aromatic carbocycles. The van der Waals surface area contributed by atoms with E-state index >= 15 is 0 Å². The zero-order chi connectivity index (χ0) is 12.3. The van der Waals surface area contributed by atoms with E-state index in [1.54, 1.807) is 0 Å². The molecule has 0 fully saturated rings. The van der Waals surface area contributed by atoms with Gasteiger partial charge >= 0.3 is 0 Å². The van der Waals surface area contributed by atoms with E-state index in [-0.39, 0.29) is 0 Å². The summed E-state index contributed by atoms with van der Waals surface area (Å²) in [7, 11) is 0. The van der Waals surface area contributed by atoms with Crippen molar-refractivity contribution in [3.8, 4) is 0 Å². The molecule has 0 atom stereocenters. The van der Waals surface area contributed by atoms with Crippen molar-refractivity contribution in [2.75, 3.05) is 0 Å². The number of aryl methyl sites for hydroxylation is 2. The Morgan fingerprint density at radius 3 is 2.00 bits per heavy atom. The van der Waals surface area contributed by atoms with Crippen LogP contribution < -0.4 is 0 Å². The maximum Gasteiger partial charge on any atom is -0.0276 e. The van der Waals surface area contributed by atoms with Gasteiger partial charge in [-0.05, 0) is 43.2 Å². The largest absolute Gasteiger partial charge is 0.103 e. The normalized spacial score (nSPS) is 10.4. The lowest BCUT2D eigenvalue weighted by Crippen LogP contribution is -1.89. The first kappa shape index (κ1) is 14.0. The van der Waals surface area contributed by atoms with Crippen molar-refractivity contribution >= 4 is 0 Å². The van der Waals surface area contributed by atoms with E-state index in [1.165, 1.54) is 56.1 Å². The van der Waals surface area contributed by atoms with Crippen molar-refractivity contribution in [2.45, 2.75) is 58.3 Å². The topological polar surface area (TPSA) is 0 Å². The summed E-state index contributed by atoms with van der Waals surface area (Å²) in [5.41, 5.74) is 2.96. The summed E-state index contributed by atoms with van der Waals surface area (Å²) < 4.78 is 0. The van der Waals surface area contributed by atoms with Gasteiger partial charge in [-0.1, -0.05) is 56.5 Å². The van der Waals surface area contributed by atoms with Crippen molar-refractivity contribution in [3.63, 3.8) is 0 Å². The number of allylic oxidation sites excluding steroid dienone is 1. The number of benzene rings is 1. The van der Waals surface area contributed by atoms with Crippen molar-refractivity contribution in [1.82, 2.24) is 0 Å². The lowest BCUT2D eigenvalue weighted by molar-refractivity contribution is 0.666. The molecule has 0 aliphatic heterocycles. The van der Waals surface area contributed by atoms with Crippen LogP contribution >= 0.6 is 0 Å². The minimum absolute atomic E-state index is 1.12. The molecular formula is C17H26. The number of hydrogen-bond acceptors (Lipinski definition) is 0. The van der Waals surface area contributed by atoms with Crippen LogP contribution in [-0.2, 0) is 12.8 Å². The Morgan fingerprint density at radius 2 is 1.47 bits per heavy atom. The summed E-state index contributed by atoms with van der Waals surface area (Å²) in [6, 6.07) is 9.18. The first-order valence-electron chi connectivity index (χ1n) is 7.05. The van der Waals surface area contributed by atoms with Gasteiger partial charge in [-0.3, -0.25) is 0 Å². The van der Waals surface area contributed by atoms with Gasteiger partial charge in [-0.15, -0.1) is 6.58 Å². The van der Waals surface area contributed by atoms with Gasteiger partial charge in [0.15, 0.2) is 0 Å². The van der Waals surface area contributed by atoms with E-state index in [1.807, 2.05) is 6.08 Å². The summed E-state index contributed by atoms with van der Waals surface area (Å²) in [4.78, 5) is 0. The fraction of sp³-hybridized carbons (Fsp3) is 0.529. The molecule has 0 bridgehead atoms. The predicted molar refractivity (Wildman–Crippen MR) is 77.4 cm³/mol. The highest BCUT2D eigenvalue weighted by molar-refractivity contribution is 5.22. The number of hydrogen-bond donors (Lipinski definition) is 0. The van der Waals surface area contributed by atoms with E-state index in [0.29, 0.717) is 0 Å². The Bertz CT molecular complexity index is 294. The summed E-state index contributed by atoms with van der Waals surface area (Å²) in [6.07, 6.45) is 12.2. The lowest BCUT2D eigenvalue weighted by atomic mass is 10.0. The minimum atomic E-state index is 1.12. The van der Waals surface area contributed by atoms with Crippen LogP contribution in [-0.4, -0.2) is 0 Å². The van der Waals surface area contributed by atoms with Gasteiger partial charge in [0.2, 0.25) is 0 Å². The number of unbranched alkanes of at least 4 members (excludes halogenated alkanes) is 4. The maximum atomic E-state index is 3.75. The van der Waals surface area contributed by atoms with Crippen LogP contribution in [0, 0.1) is 0 Å². The first-order valence-corrected chi connectivity index (χ1v) is 7.05. The zero-order valence-electron chi connectivity index (χ0n) is 11.3. The van der Waals surface area contributed by atoms with Crippen LogP contribution in [0.4, 0.5) is 0 Å². The molecule has 0 aliphatic rings. The van der Waals surface area contributed by atoms with Crippen molar-refractivity contribution < 1.29 is 0 Å². The molecule has 1 rings (SSSR count). The van der Waals surface area contributed by atoms with Gasteiger partial charge in [0, 0.05) is 0 Å². The van der Waals surface area contributed by atoms with E-state index in [2.05, 4.69) is 37.8 Å². The monoisotopic (exact) mass is 230 g/mol. The average molecular weight is 230 g/mol. The van der Waals surface area contributed by atoms with Crippen LogP contribution in [0.5, 0.6) is 0 Å². The average Bonchev–Trinajstić information content (AvgIpc) is 2.37. The molecule has 0 aromatic heterocycles. The quantitative estimate of drug-likeness (QED) is 0.398. The summed E-state index contributed by atoms with van der Waals surface area (Å²) >= 11 is 0. The second kappa shape index (κ2) is 9.04. The molecule has 0 saturated heterocycles. The van der Waals surface area contributed by atoms with Crippen molar-refractivity contribution in [1.29, 1.82) is 0 Å². The summed E-state index contributed by atoms with van der Waals surface area (Å²) in [6.45, 7) is 6.02. The smallest absolute Gasteiger partial charge is 0.0276 e. The van der Waals surface area contributed by atoms with Crippen LogP contribution in [0.15, 0.2) is 36.9 Å². The van der Waals surface area contributed by atoms with Crippen LogP contribution in [0.3, 0.4) is 0 Å². The molecule has 94 valence electrons. The van der Waals surface area contributed by atoms with E-state index < -0.39 is 0 Å². The van der Waals surface area contributed by atoms with Crippen molar-refractivity contribution in [2.24, 2.45) is 0 Å². The molecule has 0 N–H and O–H groups in total. The maximum absolute atomic E-state index is 3.75. The second-order valence-electron chi connectivity index (χ2n) is 4.81. The third-order valence-corrected chi connectivity index (χ3v) is 3.22. The molecule has 0 heterocycles. The molecule has 0 unspecified atom stereocenters. The SMILES string of the molecule is C=CCCCc1ccc(CCCCCC)cc1. The molecule has 17 heavy (non-hydrogen) atoms. The van der Waals surface area contributed by atoms with E-state index in [4.69, 9.17) is 0 Å². The first-order chi connectivity index (χ1) is 8.36. The molecule has 0 nitrogen and oxygen atoms in total. The fourth-order valence-electron chi connectivity index (χ4n) is 2.08. The van der Waals surface area contributed by atoms with Crippen LogP contribution in [0.2, 0.25) is 0 Å². The molecule has 0 radical (unpaired) electrons. The number of rotatable bonds is 9.